The molecule has 0 N–H and O–H groups in total. The summed E-state index contributed by atoms with van der Waals surface area (Å²) in [5, 5.41) is 0. The molecule has 0 spiro atoms. The minimum Gasteiger partial charge on any atom is -0.353 e. The minimum atomic E-state index is 0.0822. The fourth-order valence-electron chi connectivity index (χ4n) is 3.70. The number of hydrogen-bond donors (Lipinski definition) is 0. The first-order valence-corrected chi connectivity index (χ1v) is 10.3. The molecule has 0 aliphatic carbocycles. The summed E-state index contributed by atoms with van der Waals surface area (Å²) in [5.74, 6) is 2.64. The quantitative estimate of drug-likeness (QED) is 0.670. The van der Waals surface area contributed by atoms with E-state index in [0.29, 0.717) is 13.1 Å². The van der Waals surface area contributed by atoms with Gasteiger partial charge in [0.15, 0.2) is 0 Å². The van der Waals surface area contributed by atoms with Crippen LogP contribution in [0, 0.1) is 6.92 Å². The lowest BCUT2D eigenvalue weighted by Crippen LogP contribution is -2.49. The van der Waals surface area contributed by atoms with E-state index in [1.807, 2.05) is 40.8 Å². The average molecular weight is 405 g/mol. The monoisotopic (exact) mass is 404 g/mol. The summed E-state index contributed by atoms with van der Waals surface area (Å²) < 4.78 is 1.94. The number of aryl methyl sites for hydroxylation is 1. The number of piperazine rings is 1. The highest BCUT2D eigenvalue weighted by Gasteiger charge is 2.24. The zero-order chi connectivity index (χ0) is 21.3. The Morgan fingerprint density at radius 2 is 1.60 bits per heavy atom. The molecule has 0 radical (unpaired) electrons. The maximum atomic E-state index is 12.9. The van der Waals surface area contributed by atoms with Gasteiger partial charge in [0.25, 0.3) is 5.91 Å². The van der Waals surface area contributed by atoms with Crippen LogP contribution in [0.4, 0.5) is 5.82 Å². The fraction of sp³-hybridized carbons (Fsp3) is 0.391. The van der Waals surface area contributed by atoms with Gasteiger partial charge in [0, 0.05) is 50.2 Å². The number of amides is 1. The van der Waals surface area contributed by atoms with Crippen LogP contribution in [0.1, 0.15) is 42.5 Å². The Hall–Kier alpha value is -3.22. The molecule has 3 aromatic rings. The van der Waals surface area contributed by atoms with Crippen LogP contribution >= 0.6 is 0 Å². The molecule has 0 unspecified atom stereocenters. The molecular weight excluding hydrogens is 376 g/mol. The number of nitrogens with zero attached hydrogens (tertiary/aromatic N) is 6. The van der Waals surface area contributed by atoms with E-state index in [-0.39, 0.29) is 11.3 Å². The van der Waals surface area contributed by atoms with E-state index in [1.54, 1.807) is 12.5 Å². The SMILES string of the molecule is Cc1nccn1-c1cc(N2CCN(C(=O)c3ccc(C(C)(C)C)cc3)CC2)ncn1. The molecule has 0 atom stereocenters. The maximum absolute atomic E-state index is 12.9. The summed E-state index contributed by atoms with van der Waals surface area (Å²) in [5.41, 5.74) is 2.06. The van der Waals surface area contributed by atoms with Gasteiger partial charge in [0.1, 0.15) is 23.8 Å². The van der Waals surface area contributed by atoms with Gasteiger partial charge in [-0.2, -0.15) is 0 Å². The molecule has 30 heavy (non-hydrogen) atoms. The van der Waals surface area contributed by atoms with Crippen molar-refractivity contribution in [1.29, 1.82) is 0 Å². The van der Waals surface area contributed by atoms with Crippen molar-refractivity contribution in [2.24, 2.45) is 0 Å². The molecule has 156 valence electrons. The van der Waals surface area contributed by atoms with Gasteiger partial charge in [-0.3, -0.25) is 9.36 Å². The molecule has 1 fully saturated rings. The molecule has 4 rings (SSSR count). The molecule has 7 nitrogen and oxygen atoms in total. The van der Waals surface area contributed by atoms with Gasteiger partial charge < -0.3 is 9.80 Å². The first-order valence-electron chi connectivity index (χ1n) is 10.3. The number of imidazole rings is 1. The third-order valence-corrected chi connectivity index (χ3v) is 5.60. The number of anilines is 1. The summed E-state index contributed by atoms with van der Waals surface area (Å²) in [6.07, 6.45) is 5.23. The lowest BCUT2D eigenvalue weighted by molar-refractivity contribution is 0.0746. The number of aromatic nitrogens is 4. The van der Waals surface area contributed by atoms with E-state index in [1.165, 1.54) is 5.56 Å². The minimum absolute atomic E-state index is 0.0822. The second kappa shape index (κ2) is 7.89. The van der Waals surface area contributed by atoms with Crippen LogP contribution in [-0.2, 0) is 5.41 Å². The molecule has 1 aromatic carbocycles. The Bertz CT molecular complexity index is 1030. The molecule has 0 saturated carbocycles. The topological polar surface area (TPSA) is 67.2 Å². The molecule has 3 heterocycles. The normalized spacial score (nSPS) is 14.8. The number of carbonyl (C=O) groups excluding carboxylic acids is 1. The molecular formula is C23H28N6O. The van der Waals surface area contributed by atoms with Gasteiger partial charge in [-0.15, -0.1) is 0 Å². The van der Waals surface area contributed by atoms with Crippen LogP contribution in [0.5, 0.6) is 0 Å². The van der Waals surface area contributed by atoms with Crippen molar-refractivity contribution >= 4 is 11.7 Å². The van der Waals surface area contributed by atoms with Crippen molar-refractivity contribution in [2.75, 3.05) is 31.1 Å². The van der Waals surface area contributed by atoms with Crippen molar-refractivity contribution in [3.8, 4) is 5.82 Å². The molecule has 1 amide bonds. The number of carbonyl (C=O) groups is 1. The van der Waals surface area contributed by atoms with Gasteiger partial charge in [-0.05, 0) is 30.0 Å². The van der Waals surface area contributed by atoms with Crippen molar-refractivity contribution < 1.29 is 4.79 Å². The maximum Gasteiger partial charge on any atom is 0.253 e. The largest absolute Gasteiger partial charge is 0.353 e. The van der Waals surface area contributed by atoms with E-state index < -0.39 is 0 Å². The van der Waals surface area contributed by atoms with Crippen LogP contribution in [0.3, 0.4) is 0 Å². The lowest BCUT2D eigenvalue weighted by atomic mass is 9.86. The highest BCUT2D eigenvalue weighted by Crippen LogP contribution is 2.23. The zero-order valence-electron chi connectivity index (χ0n) is 18.0. The molecule has 1 aliphatic rings. The highest BCUT2D eigenvalue weighted by molar-refractivity contribution is 5.94. The van der Waals surface area contributed by atoms with Crippen LogP contribution < -0.4 is 4.90 Å². The fourth-order valence-corrected chi connectivity index (χ4v) is 3.70. The zero-order valence-corrected chi connectivity index (χ0v) is 18.0. The van der Waals surface area contributed by atoms with Gasteiger partial charge in [0.2, 0.25) is 0 Å². The summed E-state index contributed by atoms with van der Waals surface area (Å²) in [7, 11) is 0. The molecule has 0 bridgehead atoms. The van der Waals surface area contributed by atoms with Gasteiger partial charge in [0.05, 0.1) is 0 Å². The van der Waals surface area contributed by atoms with Crippen molar-refractivity contribution in [1.82, 2.24) is 24.4 Å². The van der Waals surface area contributed by atoms with E-state index in [2.05, 4.69) is 52.8 Å². The van der Waals surface area contributed by atoms with Gasteiger partial charge in [-0.25, -0.2) is 15.0 Å². The predicted octanol–water partition coefficient (Wildman–Crippen LogP) is 3.23. The Morgan fingerprint density at radius 3 is 2.20 bits per heavy atom. The smallest absolute Gasteiger partial charge is 0.253 e. The highest BCUT2D eigenvalue weighted by atomic mass is 16.2. The van der Waals surface area contributed by atoms with Crippen molar-refractivity contribution in [3.05, 3.63) is 66.0 Å². The van der Waals surface area contributed by atoms with Crippen LogP contribution in [0.2, 0.25) is 0 Å². The second-order valence-corrected chi connectivity index (χ2v) is 8.69. The summed E-state index contributed by atoms with van der Waals surface area (Å²) in [6, 6.07) is 9.98. The van der Waals surface area contributed by atoms with Crippen molar-refractivity contribution in [3.63, 3.8) is 0 Å². The predicted molar refractivity (Wildman–Crippen MR) is 117 cm³/mol. The number of rotatable bonds is 3. The summed E-state index contributed by atoms with van der Waals surface area (Å²) >= 11 is 0. The number of benzene rings is 1. The molecule has 1 aliphatic heterocycles. The average Bonchev–Trinajstić information content (AvgIpc) is 3.19. The Balaban J connectivity index is 1.42. The summed E-state index contributed by atoms with van der Waals surface area (Å²) in [4.78, 5) is 30.1. The van der Waals surface area contributed by atoms with E-state index in [4.69, 9.17) is 0 Å². The van der Waals surface area contributed by atoms with Crippen LogP contribution in [-0.4, -0.2) is 56.5 Å². The van der Waals surface area contributed by atoms with Gasteiger partial charge in [-0.1, -0.05) is 32.9 Å². The Morgan fingerprint density at radius 1 is 0.933 bits per heavy atom. The third kappa shape index (κ3) is 4.06. The molecule has 2 aromatic heterocycles. The van der Waals surface area contributed by atoms with Crippen LogP contribution in [0.25, 0.3) is 5.82 Å². The number of hydrogen-bond acceptors (Lipinski definition) is 5. The summed E-state index contributed by atoms with van der Waals surface area (Å²) in [6.45, 7) is 11.3. The van der Waals surface area contributed by atoms with E-state index in [9.17, 15) is 4.79 Å². The van der Waals surface area contributed by atoms with Crippen LogP contribution in [0.15, 0.2) is 49.1 Å². The second-order valence-electron chi connectivity index (χ2n) is 8.69. The first kappa shape index (κ1) is 20.1. The van der Waals surface area contributed by atoms with E-state index in [0.717, 1.165) is 36.1 Å². The Kier molecular flexibility index (Phi) is 5.28. The molecule has 1 saturated heterocycles. The van der Waals surface area contributed by atoms with Crippen molar-refractivity contribution in [2.45, 2.75) is 33.1 Å². The van der Waals surface area contributed by atoms with E-state index >= 15 is 0 Å². The van der Waals surface area contributed by atoms with Gasteiger partial charge >= 0.3 is 0 Å². The standard InChI is InChI=1S/C23H28N6O/c1-17-24-9-10-29(17)21-15-20(25-16-26-21)27-11-13-28(14-12-27)22(30)18-5-7-19(8-6-18)23(2,3)4/h5-10,15-16H,11-14H2,1-4H3. The third-order valence-electron chi connectivity index (χ3n) is 5.60. The Labute approximate surface area is 177 Å². The molecule has 7 heteroatoms. The lowest BCUT2D eigenvalue weighted by Gasteiger charge is -2.35. The first-order chi connectivity index (χ1) is 14.3.